The van der Waals surface area contributed by atoms with E-state index in [2.05, 4.69) is 10.5 Å². The Morgan fingerprint density at radius 3 is 3.44 bits per heavy atom. The molecule has 0 saturated carbocycles. The van der Waals surface area contributed by atoms with E-state index in [0.717, 1.165) is 12.5 Å². The Labute approximate surface area is 53.3 Å². The highest BCUT2D eigenvalue weighted by atomic mass is 15.5. The van der Waals surface area contributed by atoms with E-state index in [4.69, 9.17) is 0 Å². The van der Waals surface area contributed by atoms with Gasteiger partial charge in [-0.25, -0.2) is 0 Å². The normalized spacial score (nSPS) is 21.3. The third-order valence-corrected chi connectivity index (χ3v) is 1.35. The van der Waals surface area contributed by atoms with E-state index in [1.54, 1.807) is 0 Å². The summed E-state index contributed by atoms with van der Waals surface area (Å²) in [5, 5.41) is 4.01. The largest absolute Gasteiger partial charge is 0.312 e. The number of nitrogens with zero attached hydrogens (tertiary/aromatic N) is 2. The summed E-state index contributed by atoms with van der Waals surface area (Å²) < 4.78 is 0. The van der Waals surface area contributed by atoms with Gasteiger partial charge in [-0.1, -0.05) is 6.08 Å². The van der Waals surface area contributed by atoms with Crippen molar-refractivity contribution in [1.82, 2.24) is 10.3 Å². The molecule has 0 radical (unpaired) electrons. The van der Waals surface area contributed by atoms with Crippen LogP contribution in [0.15, 0.2) is 29.5 Å². The number of nitrogens with one attached hydrogen (secondary N) is 1. The first-order valence-electron chi connectivity index (χ1n) is 2.89. The Morgan fingerprint density at radius 2 is 2.56 bits per heavy atom. The molecule has 2 aliphatic heterocycles. The molecule has 0 spiro atoms. The van der Waals surface area contributed by atoms with Gasteiger partial charge in [-0.2, -0.15) is 5.10 Å². The van der Waals surface area contributed by atoms with Crippen LogP contribution in [-0.4, -0.2) is 17.4 Å². The zero-order chi connectivity index (χ0) is 6.10. The van der Waals surface area contributed by atoms with E-state index < -0.39 is 0 Å². The van der Waals surface area contributed by atoms with E-state index in [-0.39, 0.29) is 0 Å². The molecule has 1 N–H and O–H groups in total. The lowest BCUT2D eigenvalue weighted by Crippen LogP contribution is -2.23. The molecule has 9 heavy (non-hydrogen) atoms. The van der Waals surface area contributed by atoms with Crippen LogP contribution in [0.5, 0.6) is 0 Å². The molecule has 0 fully saturated rings. The zero-order valence-electron chi connectivity index (χ0n) is 4.91. The summed E-state index contributed by atoms with van der Waals surface area (Å²) in [4.78, 5) is 2.04. The standard InChI is InChI=1S/C6H7N3/c1-2-4-9-5-7-8-6(9)3-1/h1-4,7H,5H2. The Hall–Kier alpha value is -1.25. The highest BCUT2D eigenvalue weighted by Gasteiger charge is 2.11. The van der Waals surface area contributed by atoms with E-state index in [1.165, 1.54) is 0 Å². The Balaban J connectivity index is 2.33. The summed E-state index contributed by atoms with van der Waals surface area (Å²) in [7, 11) is 0. The molecule has 2 heterocycles. The fraction of sp³-hybridized carbons (Fsp3) is 0.167. The fourth-order valence-corrected chi connectivity index (χ4v) is 0.895. The lowest BCUT2D eigenvalue weighted by Gasteiger charge is -2.12. The van der Waals surface area contributed by atoms with Gasteiger partial charge in [0.2, 0.25) is 0 Å². The average Bonchev–Trinajstić information content (AvgIpc) is 2.33. The fourth-order valence-electron chi connectivity index (χ4n) is 0.895. The maximum absolute atomic E-state index is 4.01. The van der Waals surface area contributed by atoms with Crippen LogP contribution >= 0.6 is 0 Å². The van der Waals surface area contributed by atoms with Gasteiger partial charge in [-0.3, -0.25) is 5.43 Å². The maximum Gasteiger partial charge on any atom is 0.153 e. The van der Waals surface area contributed by atoms with Gasteiger partial charge in [0.25, 0.3) is 0 Å². The Kier molecular flexibility index (Phi) is 0.828. The number of amidine groups is 1. The first kappa shape index (κ1) is 4.61. The summed E-state index contributed by atoms with van der Waals surface area (Å²) in [6, 6.07) is 0. The van der Waals surface area contributed by atoms with Crippen LogP contribution in [0.3, 0.4) is 0 Å². The van der Waals surface area contributed by atoms with Crippen LogP contribution in [0.1, 0.15) is 0 Å². The summed E-state index contributed by atoms with van der Waals surface area (Å²) >= 11 is 0. The number of hydrogen-bond donors (Lipinski definition) is 1. The van der Waals surface area contributed by atoms with Crippen LogP contribution in [-0.2, 0) is 0 Å². The van der Waals surface area contributed by atoms with Crippen molar-refractivity contribution in [1.29, 1.82) is 0 Å². The Morgan fingerprint density at radius 1 is 1.56 bits per heavy atom. The molecule has 0 unspecified atom stereocenters. The molecule has 2 rings (SSSR count). The van der Waals surface area contributed by atoms with E-state index in [1.807, 2.05) is 29.3 Å². The molecule has 0 atom stereocenters. The molecule has 0 saturated heterocycles. The van der Waals surface area contributed by atoms with Crippen LogP contribution in [0, 0.1) is 0 Å². The van der Waals surface area contributed by atoms with Gasteiger partial charge in [0.15, 0.2) is 5.84 Å². The third-order valence-electron chi connectivity index (χ3n) is 1.35. The van der Waals surface area contributed by atoms with Crippen LogP contribution in [0.4, 0.5) is 0 Å². The quantitative estimate of drug-likeness (QED) is 0.497. The molecule has 0 amide bonds. The number of rotatable bonds is 0. The van der Waals surface area contributed by atoms with Crippen molar-refractivity contribution in [3.05, 3.63) is 24.4 Å². The minimum Gasteiger partial charge on any atom is -0.312 e. The SMILES string of the molecule is C1=CC2=NNCN2C=C1. The van der Waals surface area contributed by atoms with Gasteiger partial charge in [0.1, 0.15) is 6.67 Å². The minimum absolute atomic E-state index is 0.802. The van der Waals surface area contributed by atoms with Crippen LogP contribution in [0.25, 0.3) is 0 Å². The van der Waals surface area contributed by atoms with Crippen molar-refractivity contribution in [2.75, 3.05) is 6.67 Å². The molecule has 2 aliphatic rings. The molecule has 0 aromatic rings. The minimum atomic E-state index is 0.802. The summed E-state index contributed by atoms with van der Waals surface area (Å²) in [5.41, 5.74) is 2.88. The van der Waals surface area contributed by atoms with Crippen molar-refractivity contribution in [3.63, 3.8) is 0 Å². The van der Waals surface area contributed by atoms with Gasteiger partial charge in [0.05, 0.1) is 0 Å². The molecule has 0 aromatic heterocycles. The predicted octanol–water partition coefficient (Wildman–Crippen LogP) is 0.246. The van der Waals surface area contributed by atoms with Crippen LogP contribution in [0.2, 0.25) is 0 Å². The topological polar surface area (TPSA) is 27.6 Å². The van der Waals surface area contributed by atoms with Crippen LogP contribution < -0.4 is 5.43 Å². The molecule has 46 valence electrons. The lowest BCUT2D eigenvalue weighted by molar-refractivity contribution is 0.550. The highest BCUT2D eigenvalue weighted by Crippen LogP contribution is 2.03. The van der Waals surface area contributed by atoms with Crippen molar-refractivity contribution >= 4 is 5.84 Å². The van der Waals surface area contributed by atoms with Crippen molar-refractivity contribution in [2.24, 2.45) is 5.10 Å². The summed E-state index contributed by atoms with van der Waals surface area (Å²) in [6.45, 7) is 0.802. The maximum atomic E-state index is 4.01. The van der Waals surface area contributed by atoms with Gasteiger partial charge >= 0.3 is 0 Å². The second kappa shape index (κ2) is 1.62. The van der Waals surface area contributed by atoms with E-state index in [9.17, 15) is 0 Å². The molecule has 0 aromatic carbocycles. The van der Waals surface area contributed by atoms with Gasteiger partial charge in [-0.05, 0) is 12.2 Å². The van der Waals surface area contributed by atoms with E-state index >= 15 is 0 Å². The first-order valence-corrected chi connectivity index (χ1v) is 2.89. The third kappa shape index (κ3) is 0.614. The number of fused-ring (bicyclic) bond motifs is 1. The van der Waals surface area contributed by atoms with Gasteiger partial charge in [0, 0.05) is 6.20 Å². The van der Waals surface area contributed by atoms with Gasteiger partial charge in [-0.15, -0.1) is 0 Å². The monoisotopic (exact) mass is 121 g/mol. The van der Waals surface area contributed by atoms with Crippen molar-refractivity contribution < 1.29 is 0 Å². The predicted molar refractivity (Wildman–Crippen MR) is 35.6 cm³/mol. The first-order chi connectivity index (χ1) is 4.47. The molecular weight excluding hydrogens is 114 g/mol. The molecule has 0 aliphatic carbocycles. The number of allylic oxidation sites excluding steroid dienone is 2. The second-order valence-electron chi connectivity index (χ2n) is 1.96. The summed E-state index contributed by atoms with van der Waals surface area (Å²) in [5.74, 6) is 0.998. The average molecular weight is 121 g/mol. The second-order valence-corrected chi connectivity index (χ2v) is 1.96. The molecular formula is C6H7N3. The molecule has 3 heteroatoms. The smallest absolute Gasteiger partial charge is 0.153 e. The van der Waals surface area contributed by atoms with Crippen molar-refractivity contribution in [2.45, 2.75) is 0 Å². The van der Waals surface area contributed by atoms with Gasteiger partial charge < -0.3 is 4.90 Å². The lowest BCUT2D eigenvalue weighted by atomic mass is 10.3. The van der Waals surface area contributed by atoms with Crippen molar-refractivity contribution in [3.8, 4) is 0 Å². The zero-order valence-corrected chi connectivity index (χ0v) is 4.91. The Bertz CT molecular complexity index is 200. The molecule has 0 bridgehead atoms. The number of hydrogen-bond acceptors (Lipinski definition) is 3. The molecule has 3 nitrogen and oxygen atoms in total. The number of hydrazone groups is 1. The highest BCUT2D eigenvalue weighted by molar-refractivity contribution is 5.95. The summed E-state index contributed by atoms with van der Waals surface area (Å²) in [6.07, 6.45) is 7.94. The van der Waals surface area contributed by atoms with E-state index in [0.29, 0.717) is 0 Å².